The van der Waals surface area contributed by atoms with Crippen molar-refractivity contribution < 1.29 is 28.2 Å². The van der Waals surface area contributed by atoms with Crippen LogP contribution in [0.3, 0.4) is 0 Å². The Kier molecular flexibility index (Phi) is 6.74. The minimum Gasteiger partial charge on any atom is -0.484 e. The minimum atomic E-state index is -0.211. The van der Waals surface area contributed by atoms with Gasteiger partial charge in [0.1, 0.15) is 17.1 Å². The Balaban J connectivity index is 1.33. The number of rotatable bonds is 6. The Hall–Kier alpha value is -3.88. The number of fused-ring (bicyclic) bond motifs is 2. The summed E-state index contributed by atoms with van der Waals surface area (Å²) in [5.74, 6) is 1.27. The topological polar surface area (TPSA) is 78.2 Å². The molecule has 0 atom stereocenters. The van der Waals surface area contributed by atoms with Crippen molar-refractivity contribution in [2.45, 2.75) is 6.42 Å². The fourth-order valence-electron chi connectivity index (χ4n) is 4.68. The Morgan fingerprint density at radius 3 is 2.50 bits per heavy atom. The van der Waals surface area contributed by atoms with E-state index < -0.39 is 0 Å². The minimum absolute atomic E-state index is 0.0407. The lowest BCUT2D eigenvalue weighted by molar-refractivity contribution is -0.137. The standard InChI is InChI=1S/C30H24BrNO6/c31-22-7-3-20(4-8-22)29(34)30-28(24-16-21-2-1-13-36-25(21)17-26(24)38-30)19-5-9-23(10-6-19)37-18-27(33)32-11-14-35-15-12-32/h1,3-10,13,16-17H,2,11-12,14-15,18H2. The second kappa shape index (κ2) is 10.5. The van der Waals surface area contributed by atoms with E-state index in [0.717, 1.165) is 33.2 Å². The van der Waals surface area contributed by atoms with Crippen molar-refractivity contribution in [1.82, 2.24) is 4.90 Å². The van der Waals surface area contributed by atoms with Crippen molar-refractivity contribution in [3.05, 3.63) is 94.4 Å². The predicted molar refractivity (Wildman–Crippen MR) is 146 cm³/mol. The van der Waals surface area contributed by atoms with Gasteiger partial charge in [0.05, 0.1) is 19.5 Å². The maximum Gasteiger partial charge on any atom is 0.260 e. The zero-order chi connectivity index (χ0) is 26.1. The molecule has 0 spiro atoms. The highest BCUT2D eigenvalue weighted by Crippen LogP contribution is 2.40. The van der Waals surface area contributed by atoms with Crippen LogP contribution in [0.15, 0.2) is 81.9 Å². The number of hydrogen-bond acceptors (Lipinski definition) is 6. The molecule has 2 aliphatic rings. The molecule has 0 saturated carbocycles. The van der Waals surface area contributed by atoms with Gasteiger partial charge >= 0.3 is 0 Å². The summed E-state index contributed by atoms with van der Waals surface area (Å²) in [6.07, 6.45) is 4.34. The van der Waals surface area contributed by atoms with Crippen molar-refractivity contribution in [3.63, 3.8) is 0 Å². The SMILES string of the molecule is O=C(c1ccc(Br)cc1)c1oc2cc3c(cc2c1-c1ccc(OCC(=O)N2CCOCC2)cc1)CC=CO3. The first-order chi connectivity index (χ1) is 18.6. The van der Waals surface area contributed by atoms with Crippen LogP contribution in [0.25, 0.3) is 22.1 Å². The van der Waals surface area contributed by atoms with Crippen molar-refractivity contribution in [3.8, 4) is 22.6 Å². The molecule has 0 radical (unpaired) electrons. The van der Waals surface area contributed by atoms with E-state index in [-0.39, 0.29) is 24.1 Å². The number of benzene rings is 3. The van der Waals surface area contributed by atoms with Gasteiger partial charge in [-0.15, -0.1) is 0 Å². The quantitative estimate of drug-likeness (QED) is 0.272. The lowest BCUT2D eigenvalue weighted by atomic mass is 9.96. The van der Waals surface area contributed by atoms with Crippen LogP contribution < -0.4 is 9.47 Å². The lowest BCUT2D eigenvalue weighted by Gasteiger charge is -2.26. The summed E-state index contributed by atoms with van der Waals surface area (Å²) >= 11 is 3.42. The fourth-order valence-corrected chi connectivity index (χ4v) is 4.94. The van der Waals surface area contributed by atoms with Gasteiger partial charge in [-0.3, -0.25) is 9.59 Å². The molecule has 7 nitrogen and oxygen atoms in total. The summed E-state index contributed by atoms with van der Waals surface area (Å²) in [6, 6.07) is 18.4. The van der Waals surface area contributed by atoms with E-state index in [1.807, 2.05) is 42.5 Å². The summed E-state index contributed by atoms with van der Waals surface area (Å²) in [5, 5.41) is 0.833. The largest absolute Gasteiger partial charge is 0.484 e. The van der Waals surface area contributed by atoms with Crippen molar-refractivity contribution in [2.75, 3.05) is 32.9 Å². The smallest absolute Gasteiger partial charge is 0.260 e. The van der Waals surface area contributed by atoms with Gasteiger partial charge in [-0.2, -0.15) is 0 Å². The third kappa shape index (κ3) is 4.85. The summed E-state index contributed by atoms with van der Waals surface area (Å²) < 4.78 is 23.8. The summed E-state index contributed by atoms with van der Waals surface area (Å²) in [4.78, 5) is 27.8. The Bertz CT molecular complexity index is 1530. The summed E-state index contributed by atoms with van der Waals surface area (Å²) in [5.41, 5.74) is 3.64. The van der Waals surface area contributed by atoms with Crippen molar-refractivity contribution in [2.24, 2.45) is 0 Å². The zero-order valence-corrected chi connectivity index (χ0v) is 22.0. The van der Waals surface area contributed by atoms with Gasteiger partial charge in [0, 0.05) is 40.1 Å². The molecule has 1 saturated heterocycles. The fraction of sp³-hybridized carbons (Fsp3) is 0.200. The molecule has 0 unspecified atom stereocenters. The molecule has 0 aliphatic carbocycles. The number of furan rings is 1. The number of ether oxygens (including phenoxy) is 3. The number of carbonyl (C=O) groups is 2. The highest BCUT2D eigenvalue weighted by Gasteiger charge is 2.25. The first kappa shape index (κ1) is 24.5. The molecule has 0 bridgehead atoms. The van der Waals surface area contributed by atoms with E-state index in [4.69, 9.17) is 18.6 Å². The molecule has 0 N–H and O–H groups in total. The van der Waals surface area contributed by atoms with E-state index in [1.54, 1.807) is 35.4 Å². The van der Waals surface area contributed by atoms with E-state index in [1.165, 1.54) is 0 Å². The summed E-state index contributed by atoms with van der Waals surface area (Å²) in [7, 11) is 0. The average Bonchev–Trinajstić information content (AvgIpc) is 3.33. The molecule has 192 valence electrons. The number of hydrogen-bond donors (Lipinski definition) is 0. The number of allylic oxidation sites excluding steroid dienone is 1. The van der Waals surface area contributed by atoms with Gasteiger partial charge in [-0.25, -0.2) is 0 Å². The second-order valence-electron chi connectivity index (χ2n) is 9.10. The second-order valence-corrected chi connectivity index (χ2v) is 10.0. The van der Waals surface area contributed by atoms with Crippen LogP contribution in [-0.4, -0.2) is 49.5 Å². The van der Waals surface area contributed by atoms with E-state index in [9.17, 15) is 9.59 Å². The summed E-state index contributed by atoms with van der Waals surface area (Å²) in [6.45, 7) is 2.21. The molecule has 4 aromatic rings. The van der Waals surface area contributed by atoms with Crippen LogP contribution in [0.1, 0.15) is 21.7 Å². The third-order valence-electron chi connectivity index (χ3n) is 6.68. The molecule has 8 heteroatoms. The van der Waals surface area contributed by atoms with Gasteiger partial charge in [-0.1, -0.05) is 28.1 Å². The van der Waals surface area contributed by atoms with E-state index in [2.05, 4.69) is 15.9 Å². The van der Waals surface area contributed by atoms with Crippen molar-refractivity contribution >= 4 is 38.6 Å². The maximum atomic E-state index is 13.6. The van der Waals surface area contributed by atoms with Gasteiger partial charge < -0.3 is 23.5 Å². The Morgan fingerprint density at radius 2 is 1.74 bits per heavy atom. The highest BCUT2D eigenvalue weighted by molar-refractivity contribution is 9.10. The molecular weight excluding hydrogens is 550 g/mol. The molecule has 1 aromatic heterocycles. The number of morpholine rings is 1. The number of ketones is 1. The molecule has 1 amide bonds. The zero-order valence-electron chi connectivity index (χ0n) is 20.4. The molecular formula is C30H24BrNO6. The van der Waals surface area contributed by atoms with E-state index in [0.29, 0.717) is 48.8 Å². The predicted octanol–water partition coefficient (Wildman–Crippen LogP) is 5.78. The van der Waals surface area contributed by atoms with E-state index >= 15 is 0 Å². The van der Waals surface area contributed by atoms with Crippen LogP contribution in [0.4, 0.5) is 0 Å². The van der Waals surface area contributed by atoms with Crippen LogP contribution in [0.2, 0.25) is 0 Å². The van der Waals surface area contributed by atoms with Crippen LogP contribution in [-0.2, 0) is 16.0 Å². The number of halogens is 1. The third-order valence-corrected chi connectivity index (χ3v) is 7.21. The molecule has 3 aromatic carbocycles. The van der Waals surface area contributed by atoms with Crippen LogP contribution >= 0.6 is 15.9 Å². The monoisotopic (exact) mass is 573 g/mol. The molecule has 1 fully saturated rings. The first-order valence-electron chi connectivity index (χ1n) is 12.4. The van der Waals surface area contributed by atoms with Crippen LogP contribution in [0.5, 0.6) is 11.5 Å². The molecule has 6 rings (SSSR count). The number of amides is 1. The molecule has 3 heterocycles. The van der Waals surface area contributed by atoms with Gasteiger partial charge in [-0.05, 0) is 66.1 Å². The maximum absolute atomic E-state index is 13.6. The number of nitrogens with zero attached hydrogens (tertiary/aromatic N) is 1. The van der Waals surface area contributed by atoms with Gasteiger partial charge in [0.15, 0.2) is 12.4 Å². The Labute approximate surface area is 227 Å². The molecule has 38 heavy (non-hydrogen) atoms. The average molecular weight is 574 g/mol. The van der Waals surface area contributed by atoms with Crippen molar-refractivity contribution in [1.29, 1.82) is 0 Å². The normalized spacial score (nSPS) is 14.7. The Morgan fingerprint density at radius 1 is 0.974 bits per heavy atom. The highest BCUT2D eigenvalue weighted by atomic mass is 79.9. The number of carbonyl (C=O) groups excluding carboxylic acids is 2. The lowest BCUT2D eigenvalue weighted by Crippen LogP contribution is -2.42. The van der Waals surface area contributed by atoms with Gasteiger partial charge in [0.25, 0.3) is 5.91 Å². The van der Waals surface area contributed by atoms with Crippen LogP contribution in [0, 0.1) is 0 Å². The molecule has 2 aliphatic heterocycles. The van der Waals surface area contributed by atoms with Gasteiger partial charge in [0.2, 0.25) is 5.78 Å². The first-order valence-corrected chi connectivity index (χ1v) is 13.2.